The lowest BCUT2D eigenvalue weighted by Gasteiger charge is -2.46. The molecule has 0 aromatic heterocycles. The zero-order valence-corrected chi connectivity index (χ0v) is 16.6. The SMILES string of the molecule is C[C@@H](O)C1C(=O)N2C(C(=O)OP)=C(OP(=O)(OP)OP)[C@H](C)C12. The Hall–Kier alpha value is -0.120. The van der Waals surface area contributed by atoms with E-state index in [2.05, 4.69) is 13.1 Å². The monoisotopic (exact) mass is 403 g/mol. The molecule has 0 aromatic rings. The normalized spacial score (nSPS) is 28.3. The highest BCUT2D eigenvalue weighted by atomic mass is 31.2. The van der Waals surface area contributed by atoms with Crippen molar-refractivity contribution in [1.29, 1.82) is 0 Å². The van der Waals surface area contributed by atoms with Crippen LogP contribution in [0.4, 0.5) is 0 Å². The van der Waals surface area contributed by atoms with Gasteiger partial charge in [0.1, 0.15) is 5.76 Å². The van der Waals surface area contributed by atoms with Gasteiger partial charge in [-0.2, -0.15) is 0 Å². The standard InChI is InChI=1S/C10H17NO8P4/c1-3-6-5(4(2)12)9(13)11(6)7(10(14)16-20)8(3)17-23(15,18-21)19-22/h3-6,12H,20-22H2,1-2H3/t3-,4-,5?,6?/m1/s1. The van der Waals surface area contributed by atoms with Crippen molar-refractivity contribution in [1.82, 2.24) is 4.90 Å². The zero-order chi connectivity index (χ0) is 17.5. The van der Waals surface area contributed by atoms with Gasteiger partial charge in [-0.25, -0.2) is 9.36 Å². The van der Waals surface area contributed by atoms with Crippen LogP contribution in [-0.2, 0) is 31.8 Å². The largest absolute Gasteiger partial charge is 0.535 e. The van der Waals surface area contributed by atoms with Crippen LogP contribution in [0, 0.1) is 11.8 Å². The van der Waals surface area contributed by atoms with Gasteiger partial charge in [0.2, 0.25) is 5.91 Å². The average Bonchev–Trinajstić information content (AvgIpc) is 2.75. The molecule has 1 saturated heterocycles. The van der Waals surface area contributed by atoms with Gasteiger partial charge in [-0.15, -0.1) is 0 Å². The summed E-state index contributed by atoms with van der Waals surface area (Å²) in [5.74, 6) is -2.54. The van der Waals surface area contributed by atoms with E-state index in [0.29, 0.717) is 0 Å². The van der Waals surface area contributed by atoms with E-state index in [4.69, 9.17) is 4.52 Å². The molecule has 130 valence electrons. The van der Waals surface area contributed by atoms with E-state index in [1.54, 1.807) is 35.3 Å². The van der Waals surface area contributed by atoms with E-state index >= 15 is 0 Å². The van der Waals surface area contributed by atoms with Gasteiger partial charge in [0.15, 0.2) is 5.70 Å². The van der Waals surface area contributed by atoms with Crippen molar-refractivity contribution in [3.63, 3.8) is 0 Å². The number of carbonyl (C=O) groups excluding carboxylic acids is 2. The molecular formula is C10H17NO8P4. The van der Waals surface area contributed by atoms with Gasteiger partial charge in [-0.05, 0) is 6.92 Å². The van der Waals surface area contributed by atoms with Crippen LogP contribution < -0.4 is 0 Å². The van der Waals surface area contributed by atoms with Gasteiger partial charge >= 0.3 is 13.8 Å². The van der Waals surface area contributed by atoms with E-state index < -0.39 is 43.7 Å². The minimum absolute atomic E-state index is 0.0489. The third kappa shape index (κ3) is 3.09. The lowest BCUT2D eigenvalue weighted by atomic mass is 9.79. The second kappa shape index (κ2) is 7.01. The summed E-state index contributed by atoms with van der Waals surface area (Å²) in [5, 5.41) is 9.76. The number of hydrogen-bond acceptors (Lipinski definition) is 8. The molecule has 1 amide bonds. The Labute approximate surface area is 139 Å². The minimum Gasteiger partial charge on any atom is -0.447 e. The number of nitrogens with zero attached hydrogens (tertiary/aromatic N) is 1. The molecule has 13 heteroatoms. The third-order valence-corrected chi connectivity index (χ3v) is 6.58. The lowest BCUT2D eigenvalue weighted by molar-refractivity contribution is -0.162. The van der Waals surface area contributed by atoms with Gasteiger partial charge in [-0.1, -0.05) is 6.92 Å². The number of phosphoric acid groups is 1. The molecular weight excluding hydrogens is 386 g/mol. The first-order valence-corrected chi connectivity index (χ1v) is 9.32. The van der Waals surface area contributed by atoms with Crippen LogP contribution in [0.5, 0.6) is 0 Å². The van der Waals surface area contributed by atoms with Crippen molar-refractivity contribution in [2.24, 2.45) is 11.8 Å². The molecule has 0 aromatic carbocycles. The molecule has 2 aliphatic heterocycles. The summed E-state index contributed by atoms with van der Waals surface area (Å²) in [7, 11) is 1.29. The van der Waals surface area contributed by atoms with E-state index in [-0.39, 0.29) is 11.5 Å². The smallest absolute Gasteiger partial charge is 0.447 e. The third-order valence-electron chi connectivity index (χ3n) is 3.88. The maximum absolute atomic E-state index is 12.2. The fourth-order valence-electron chi connectivity index (χ4n) is 2.88. The fourth-order valence-corrected chi connectivity index (χ4v) is 4.47. The molecule has 2 aliphatic rings. The van der Waals surface area contributed by atoms with Gasteiger partial charge in [-0.3, -0.25) is 18.3 Å². The van der Waals surface area contributed by atoms with Crippen LogP contribution in [0.25, 0.3) is 0 Å². The molecule has 2 rings (SSSR count). The first kappa shape index (κ1) is 19.2. The van der Waals surface area contributed by atoms with Gasteiger partial charge in [0, 0.05) is 24.9 Å². The minimum atomic E-state index is -3.99. The van der Waals surface area contributed by atoms with Crippen molar-refractivity contribution < 1.29 is 36.9 Å². The predicted molar refractivity (Wildman–Crippen MR) is 88.1 cm³/mol. The van der Waals surface area contributed by atoms with Crippen LogP contribution in [0.3, 0.4) is 0 Å². The molecule has 5 unspecified atom stereocenters. The van der Waals surface area contributed by atoms with Crippen LogP contribution in [0.15, 0.2) is 11.5 Å². The quantitative estimate of drug-likeness (QED) is 0.519. The predicted octanol–water partition coefficient (Wildman–Crippen LogP) is 1.13. The van der Waals surface area contributed by atoms with Crippen molar-refractivity contribution >= 4 is 48.1 Å². The van der Waals surface area contributed by atoms with Crippen molar-refractivity contribution in [2.45, 2.75) is 26.0 Å². The molecule has 0 bridgehead atoms. The molecule has 9 nitrogen and oxygen atoms in total. The highest BCUT2D eigenvalue weighted by Gasteiger charge is 2.61. The van der Waals surface area contributed by atoms with Gasteiger partial charge in [0.25, 0.3) is 0 Å². The van der Waals surface area contributed by atoms with Crippen LogP contribution >= 0.6 is 36.2 Å². The van der Waals surface area contributed by atoms with E-state index in [0.717, 1.165) is 0 Å². The number of fused-ring (bicyclic) bond motifs is 1. The van der Waals surface area contributed by atoms with Crippen molar-refractivity contribution in [2.75, 3.05) is 0 Å². The number of aliphatic hydroxyl groups excluding tert-OH is 1. The van der Waals surface area contributed by atoms with Crippen LogP contribution in [-0.4, -0.2) is 34.0 Å². The Morgan fingerprint density at radius 3 is 2.35 bits per heavy atom. The molecule has 0 aliphatic carbocycles. The summed E-state index contributed by atoms with van der Waals surface area (Å²) in [6.45, 7) is 3.16. The second-order valence-corrected chi connectivity index (χ2v) is 8.12. The van der Waals surface area contributed by atoms with E-state index in [1.807, 2.05) is 0 Å². The zero-order valence-electron chi connectivity index (χ0n) is 12.2. The molecule has 0 radical (unpaired) electrons. The topological polar surface area (TPSA) is 112 Å². The Morgan fingerprint density at radius 2 is 1.91 bits per heavy atom. The summed E-state index contributed by atoms with van der Waals surface area (Å²) in [5.41, 5.74) is -0.177. The number of carbonyl (C=O) groups is 2. The summed E-state index contributed by atoms with van der Waals surface area (Å²) in [4.78, 5) is 25.4. The first-order chi connectivity index (χ1) is 10.7. The first-order valence-electron chi connectivity index (χ1n) is 6.45. The highest BCUT2D eigenvalue weighted by Crippen LogP contribution is 2.59. The molecule has 23 heavy (non-hydrogen) atoms. The van der Waals surface area contributed by atoms with Gasteiger partial charge in [0.05, 0.1) is 27.5 Å². The maximum Gasteiger partial charge on any atom is 0.535 e. The fraction of sp³-hybridized carbons (Fsp3) is 0.600. The molecule has 0 spiro atoms. The van der Waals surface area contributed by atoms with Crippen molar-refractivity contribution in [3.05, 3.63) is 11.5 Å². The number of β-lactam (4-membered cyclic amide) rings is 1. The number of amides is 1. The van der Waals surface area contributed by atoms with E-state index in [9.17, 15) is 19.3 Å². The van der Waals surface area contributed by atoms with Crippen LogP contribution in [0.1, 0.15) is 13.8 Å². The van der Waals surface area contributed by atoms with Gasteiger partial charge < -0.3 is 14.2 Å². The Kier molecular flexibility index (Phi) is 5.86. The summed E-state index contributed by atoms with van der Waals surface area (Å²) < 4.78 is 31.3. The maximum atomic E-state index is 12.2. The highest BCUT2D eigenvalue weighted by molar-refractivity contribution is 7.56. The van der Waals surface area contributed by atoms with Crippen molar-refractivity contribution in [3.8, 4) is 0 Å². The number of hydrogen-bond donors (Lipinski definition) is 1. The molecule has 0 saturated carbocycles. The summed E-state index contributed by atoms with van der Waals surface area (Å²) in [6, 6.07) is -0.501. The lowest BCUT2D eigenvalue weighted by Crippen LogP contribution is -2.63. The summed E-state index contributed by atoms with van der Waals surface area (Å²) >= 11 is 0. The molecule has 7 atom stereocenters. The molecule has 2 heterocycles. The Bertz CT molecular complexity index is 600. The number of rotatable bonds is 6. The second-order valence-electron chi connectivity index (χ2n) is 5.12. The number of aliphatic hydroxyl groups is 1. The molecule has 1 fully saturated rings. The van der Waals surface area contributed by atoms with Crippen LogP contribution in [0.2, 0.25) is 0 Å². The average molecular weight is 403 g/mol. The Balaban J connectivity index is 2.45. The summed E-state index contributed by atoms with van der Waals surface area (Å²) in [6.07, 6.45) is -0.901. The Morgan fingerprint density at radius 1 is 1.35 bits per heavy atom. The van der Waals surface area contributed by atoms with E-state index in [1.165, 1.54) is 11.8 Å². The molecule has 1 N–H and O–H groups in total.